The summed E-state index contributed by atoms with van der Waals surface area (Å²) in [5.41, 5.74) is 0.661. The van der Waals surface area contributed by atoms with Gasteiger partial charge in [0.1, 0.15) is 11.4 Å². The van der Waals surface area contributed by atoms with Crippen LogP contribution in [0.4, 0.5) is 11.4 Å². The van der Waals surface area contributed by atoms with E-state index in [4.69, 9.17) is 4.74 Å². The summed E-state index contributed by atoms with van der Waals surface area (Å²) in [7, 11) is 0. The Bertz CT molecular complexity index is 402. The first-order valence-corrected chi connectivity index (χ1v) is 5.38. The predicted molar refractivity (Wildman–Crippen MR) is 60.9 cm³/mol. The summed E-state index contributed by atoms with van der Waals surface area (Å²) in [6, 6.07) is 5.19. The van der Waals surface area contributed by atoms with Gasteiger partial charge < -0.3 is 10.1 Å². The highest BCUT2D eigenvalue weighted by Crippen LogP contribution is 2.33. The van der Waals surface area contributed by atoms with Crippen LogP contribution in [0.15, 0.2) is 18.2 Å². The van der Waals surface area contributed by atoms with E-state index >= 15 is 0 Å². The number of ether oxygens (including phenoxy) is 1. The molecule has 0 spiro atoms. The molecule has 0 radical (unpaired) electrons. The fraction of sp³-hybridized carbons (Fsp3) is 0.455. The maximum Gasteiger partial charge on any atom is 0.292 e. The maximum atomic E-state index is 10.8. The van der Waals surface area contributed by atoms with Gasteiger partial charge in [-0.05, 0) is 25.8 Å². The number of nitro benzene ring substituents is 1. The fourth-order valence-corrected chi connectivity index (χ4v) is 1.49. The molecule has 5 nitrogen and oxygen atoms in total. The number of anilines is 1. The Hall–Kier alpha value is -1.78. The molecule has 86 valence electrons. The average molecular weight is 222 g/mol. The number of nitrogens with one attached hydrogen (secondary N) is 1. The van der Waals surface area contributed by atoms with Crippen molar-refractivity contribution in [2.75, 3.05) is 11.9 Å². The third kappa shape index (κ3) is 2.42. The first kappa shape index (κ1) is 10.7. The van der Waals surface area contributed by atoms with Crippen molar-refractivity contribution >= 4 is 11.4 Å². The smallest absolute Gasteiger partial charge is 0.292 e. The lowest BCUT2D eigenvalue weighted by Gasteiger charge is -2.08. The summed E-state index contributed by atoms with van der Waals surface area (Å²) in [4.78, 5) is 10.4. The molecule has 0 aliphatic heterocycles. The Morgan fingerprint density at radius 1 is 1.56 bits per heavy atom. The highest BCUT2D eigenvalue weighted by molar-refractivity contribution is 5.65. The number of rotatable bonds is 5. The quantitative estimate of drug-likeness (QED) is 0.614. The third-order valence-electron chi connectivity index (χ3n) is 2.41. The predicted octanol–water partition coefficient (Wildman–Crippen LogP) is 2.57. The van der Waals surface area contributed by atoms with E-state index in [1.807, 2.05) is 6.92 Å². The molecule has 1 fully saturated rings. The molecule has 0 unspecified atom stereocenters. The number of nitrogens with zero attached hydrogens (tertiary/aromatic N) is 1. The Morgan fingerprint density at radius 3 is 2.88 bits per heavy atom. The highest BCUT2D eigenvalue weighted by Gasteiger charge is 2.25. The molecule has 1 saturated carbocycles. The largest absolute Gasteiger partial charge is 0.494 e. The second kappa shape index (κ2) is 4.38. The van der Waals surface area contributed by atoms with Crippen molar-refractivity contribution in [1.82, 2.24) is 0 Å². The summed E-state index contributed by atoms with van der Waals surface area (Å²) in [5, 5.41) is 14.0. The summed E-state index contributed by atoms with van der Waals surface area (Å²) in [5.74, 6) is 0.663. The van der Waals surface area contributed by atoms with Crippen LogP contribution in [0.2, 0.25) is 0 Å². The fourth-order valence-electron chi connectivity index (χ4n) is 1.49. The Balaban J connectivity index is 2.25. The minimum absolute atomic E-state index is 0.107. The van der Waals surface area contributed by atoms with E-state index in [0.29, 0.717) is 24.1 Å². The van der Waals surface area contributed by atoms with Crippen molar-refractivity contribution < 1.29 is 9.66 Å². The monoisotopic (exact) mass is 222 g/mol. The zero-order valence-corrected chi connectivity index (χ0v) is 9.10. The molecule has 1 aromatic rings. The summed E-state index contributed by atoms with van der Waals surface area (Å²) >= 11 is 0. The van der Waals surface area contributed by atoms with Crippen molar-refractivity contribution in [3.63, 3.8) is 0 Å². The van der Waals surface area contributed by atoms with Gasteiger partial charge in [0, 0.05) is 18.2 Å². The van der Waals surface area contributed by atoms with Crippen molar-refractivity contribution in [1.29, 1.82) is 0 Å². The molecule has 0 atom stereocenters. The van der Waals surface area contributed by atoms with Crippen LogP contribution in [0, 0.1) is 10.1 Å². The molecule has 0 aromatic heterocycles. The molecule has 5 heteroatoms. The van der Waals surface area contributed by atoms with Gasteiger partial charge in [-0.2, -0.15) is 0 Å². The molecule has 0 saturated heterocycles. The lowest BCUT2D eigenvalue weighted by Crippen LogP contribution is -2.04. The molecular weight excluding hydrogens is 208 g/mol. The van der Waals surface area contributed by atoms with E-state index in [9.17, 15) is 10.1 Å². The lowest BCUT2D eigenvalue weighted by atomic mass is 10.2. The molecule has 1 aliphatic carbocycles. The van der Waals surface area contributed by atoms with Crippen LogP contribution < -0.4 is 10.1 Å². The lowest BCUT2D eigenvalue weighted by molar-refractivity contribution is -0.384. The zero-order valence-electron chi connectivity index (χ0n) is 9.10. The second-order valence-electron chi connectivity index (χ2n) is 3.79. The van der Waals surface area contributed by atoms with Gasteiger partial charge >= 0.3 is 0 Å². The molecule has 1 aromatic carbocycles. The zero-order chi connectivity index (χ0) is 11.5. The number of hydrogen-bond donors (Lipinski definition) is 1. The van der Waals surface area contributed by atoms with Crippen LogP contribution in [0.1, 0.15) is 19.8 Å². The number of nitro groups is 1. The molecule has 0 amide bonds. The normalized spacial score (nSPS) is 14.6. The summed E-state index contributed by atoms with van der Waals surface area (Å²) in [6.45, 7) is 2.44. The van der Waals surface area contributed by atoms with Crippen LogP contribution in [0.5, 0.6) is 5.75 Å². The highest BCUT2D eigenvalue weighted by atomic mass is 16.6. The molecule has 16 heavy (non-hydrogen) atoms. The Morgan fingerprint density at radius 2 is 2.31 bits per heavy atom. The van der Waals surface area contributed by atoms with E-state index in [0.717, 1.165) is 12.8 Å². The molecule has 1 aliphatic rings. The Labute approximate surface area is 93.6 Å². The van der Waals surface area contributed by atoms with Gasteiger partial charge in [0.2, 0.25) is 0 Å². The molecule has 1 N–H and O–H groups in total. The standard InChI is InChI=1S/C11H14N2O3/c1-2-16-9-5-6-11(13(14)15)10(7-9)12-8-3-4-8/h5-8,12H,2-4H2,1H3. The molecule has 0 heterocycles. The summed E-state index contributed by atoms with van der Waals surface area (Å²) < 4.78 is 5.32. The van der Waals surface area contributed by atoms with Crippen molar-refractivity contribution in [3.05, 3.63) is 28.3 Å². The first-order chi connectivity index (χ1) is 7.70. The topological polar surface area (TPSA) is 64.4 Å². The van der Waals surface area contributed by atoms with Crippen LogP contribution in [0.25, 0.3) is 0 Å². The Kier molecular flexibility index (Phi) is 2.94. The molecule has 0 bridgehead atoms. The van der Waals surface area contributed by atoms with Gasteiger partial charge in [-0.1, -0.05) is 0 Å². The van der Waals surface area contributed by atoms with Crippen molar-refractivity contribution in [3.8, 4) is 5.75 Å². The molecular formula is C11H14N2O3. The van der Waals surface area contributed by atoms with Gasteiger partial charge in [-0.25, -0.2) is 0 Å². The van der Waals surface area contributed by atoms with E-state index in [1.165, 1.54) is 6.07 Å². The maximum absolute atomic E-state index is 10.8. The van der Waals surface area contributed by atoms with Crippen LogP contribution >= 0.6 is 0 Å². The van der Waals surface area contributed by atoms with Gasteiger partial charge in [0.05, 0.1) is 11.5 Å². The van der Waals surface area contributed by atoms with Crippen LogP contribution in [0.3, 0.4) is 0 Å². The van der Waals surface area contributed by atoms with Crippen LogP contribution in [-0.4, -0.2) is 17.6 Å². The molecule has 2 rings (SSSR count). The summed E-state index contributed by atoms with van der Waals surface area (Å²) in [6.07, 6.45) is 2.16. The second-order valence-corrected chi connectivity index (χ2v) is 3.79. The average Bonchev–Trinajstić information content (AvgIpc) is 3.02. The van der Waals surface area contributed by atoms with E-state index in [-0.39, 0.29) is 10.6 Å². The minimum Gasteiger partial charge on any atom is -0.494 e. The van der Waals surface area contributed by atoms with Crippen molar-refractivity contribution in [2.45, 2.75) is 25.8 Å². The van der Waals surface area contributed by atoms with Crippen LogP contribution in [-0.2, 0) is 0 Å². The SMILES string of the molecule is CCOc1ccc([N+](=O)[O-])c(NC2CC2)c1. The third-order valence-corrected chi connectivity index (χ3v) is 2.41. The minimum atomic E-state index is -0.375. The number of hydrogen-bond acceptors (Lipinski definition) is 4. The van der Waals surface area contributed by atoms with E-state index in [2.05, 4.69) is 5.32 Å². The van der Waals surface area contributed by atoms with Gasteiger partial charge in [-0.15, -0.1) is 0 Å². The van der Waals surface area contributed by atoms with Gasteiger partial charge in [-0.3, -0.25) is 10.1 Å². The van der Waals surface area contributed by atoms with Crippen molar-refractivity contribution in [2.24, 2.45) is 0 Å². The van der Waals surface area contributed by atoms with Gasteiger partial charge in [0.25, 0.3) is 5.69 Å². The van der Waals surface area contributed by atoms with E-state index < -0.39 is 0 Å². The first-order valence-electron chi connectivity index (χ1n) is 5.38. The number of benzene rings is 1. The van der Waals surface area contributed by atoms with E-state index in [1.54, 1.807) is 12.1 Å². The van der Waals surface area contributed by atoms with Gasteiger partial charge in [0.15, 0.2) is 0 Å².